The van der Waals surface area contributed by atoms with Gasteiger partial charge in [0, 0.05) is 17.0 Å². The first-order valence-electron chi connectivity index (χ1n) is 10.3. The summed E-state index contributed by atoms with van der Waals surface area (Å²) in [5, 5.41) is 16.4. The van der Waals surface area contributed by atoms with Crippen LogP contribution in [0.2, 0.25) is 0 Å². The van der Waals surface area contributed by atoms with Crippen LogP contribution in [0.15, 0.2) is 70.3 Å². The van der Waals surface area contributed by atoms with E-state index in [1.165, 1.54) is 33.9 Å². The predicted octanol–water partition coefficient (Wildman–Crippen LogP) is 3.46. The fourth-order valence-corrected chi connectivity index (χ4v) is 3.82. The summed E-state index contributed by atoms with van der Waals surface area (Å²) in [6.45, 7) is 1.87. The molecule has 5 rings (SSSR count). The number of aromatic nitrogens is 4. The average molecular weight is 459 g/mol. The normalized spacial score (nSPS) is 11.2. The maximum Gasteiger partial charge on any atom is 0.374 e. The third kappa shape index (κ3) is 3.39. The van der Waals surface area contributed by atoms with Gasteiger partial charge in [0.1, 0.15) is 23.0 Å². The highest BCUT2D eigenvalue weighted by Gasteiger charge is 2.23. The molecule has 0 aliphatic carbocycles. The highest BCUT2D eigenvalue weighted by atomic mass is 16.6. The molecule has 0 saturated heterocycles. The molecule has 0 N–H and O–H groups in total. The minimum Gasteiger partial charge on any atom is -0.460 e. The van der Waals surface area contributed by atoms with E-state index in [2.05, 4.69) is 10.1 Å². The van der Waals surface area contributed by atoms with Crippen molar-refractivity contribution in [1.82, 2.24) is 19.3 Å². The molecular weight excluding hydrogens is 442 g/mol. The van der Waals surface area contributed by atoms with Crippen LogP contribution in [0.25, 0.3) is 27.7 Å². The highest BCUT2D eigenvalue weighted by Crippen LogP contribution is 2.28. The molecule has 0 unspecified atom stereocenters. The number of carbonyl (C=O) groups excluding carboxylic acids is 1. The lowest BCUT2D eigenvalue weighted by Gasteiger charge is -2.07. The largest absolute Gasteiger partial charge is 0.460 e. The monoisotopic (exact) mass is 459 g/mol. The van der Waals surface area contributed by atoms with Crippen LogP contribution in [0.5, 0.6) is 0 Å². The van der Waals surface area contributed by atoms with E-state index >= 15 is 0 Å². The van der Waals surface area contributed by atoms with E-state index in [0.717, 1.165) is 0 Å². The Hall–Kier alpha value is -4.80. The van der Waals surface area contributed by atoms with E-state index < -0.39 is 16.5 Å². The van der Waals surface area contributed by atoms with Gasteiger partial charge >= 0.3 is 5.97 Å². The number of fused-ring (bicyclic) bond motifs is 2. The first-order chi connectivity index (χ1) is 16.5. The zero-order chi connectivity index (χ0) is 23.8. The second-order valence-electron chi connectivity index (χ2n) is 7.34. The molecule has 0 aliphatic rings. The number of nitro benzene ring substituents is 1. The number of nitrogens with zero attached hydrogens (tertiary/aromatic N) is 5. The number of para-hydroxylation sites is 3. The summed E-state index contributed by atoms with van der Waals surface area (Å²) in [6, 6.07) is 13.2. The van der Waals surface area contributed by atoms with Gasteiger partial charge < -0.3 is 9.15 Å². The molecule has 34 heavy (non-hydrogen) atoms. The van der Waals surface area contributed by atoms with Crippen LogP contribution in [0.4, 0.5) is 5.69 Å². The third-order valence-electron chi connectivity index (χ3n) is 5.35. The minimum absolute atomic E-state index is 0.00357. The van der Waals surface area contributed by atoms with Crippen LogP contribution in [0.3, 0.4) is 0 Å². The average Bonchev–Trinajstić information content (AvgIpc) is 3.43. The lowest BCUT2D eigenvalue weighted by atomic mass is 10.1. The zero-order valence-corrected chi connectivity index (χ0v) is 17.9. The lowest BCUT2D eigenvalue weighted by molar-refractivity contribution is -0.384. The molecule has 170 valence electrons. The zero-order valence-electron chi connectivity index (χ0n) is 17.9. The van der Waals surface area contributed by atoms with Gasteiger partial charge in [0.2, 0.25) is 5.76 Å². The van der Waals surface area contributed by atoms with E-state index in [0.29, 0.717) is 16.5 Å². The van der Waals surface area contributed by atoms with Crippen LogP contribution in [0.1, 0.15) is 23.0 Å². The first kappa shape index (κ1) is 21.1. The quantitative estimate of drug-likeness (QED) is 0.214. The van der Waals surface area contributed by atoms with Gasteiger partial charge in [-0.25, -0.2) is 14.5 Å². The second-order valence-corrected chi connectivity index (χ2v) is 7.34. The summed E-state index contributed by atoms with van der Waals surface area (Å²) in [7, 11) is 0. The molecule has 0 amide bonds. The van der Waals surface area contributed by atoms with Crippen LogP contribution < -0.4 is 5.56 Å². The van der Waals surface area contributed by atoms with Crippen molar-refractivity contribution in [2.24, 2.45) is 0 Å². The molecule has 0 atom stereocenters. The number of esters is 1. The molecular formula is C23H17N5O6. The number of furan rings is 1. The maximum atomic E-state index is 13.3. The molecule has 3 aromatic heterocycles. The summed E-state index contributed by atoms with van der Waals surface area (Å²) in [5.74, 6) is -0.606. The van der Waals surface area contributed by atoms with Crippen LogP contribution in [0, 0.1) is 10.1 Å². The Labute approximate surface area is 191 Å². The van der Waals surface area contributed by atoms with Crippen molar-refractivity contribution in [2.75, 3.05) is 6.61 Å². The Morgan fingerprint density at radius 3 is 2.71 bits per heavy atom. The molecule has 5 aromatic rings. The van der Waals surface area contributed by atoms with Crippen molar-refractivity contribution in [2.45, 2.75) is 13.5 Å². The second kappa shape index (κ2) is 8.28. The van der Waals surface area contributed by atoms with Crippen LogP contribution in [-0.2, 0) is 11.3 Å². The summed E-state index contributed by atoms with van der Waals surface area (Å²) in [4.78, 5) is 41.0. The van der Waals surface area contributed by atoms with Gasteiger partial charge in [0.25, 0.3) is 11.2 Å². The van der Waals surface area contributed by atoms with Crippen molar-refractivity contribution in [3.63, 3.8) is 0 Å². The predicted molar refractivity (Wildman–Crippen MR) is 121 cm³/mol. The molecule has 2 aromatic carbocycles. The van der Waals surface area contributed by atoms with Gasteiger partial charge in [-0.15, -0.1) is 0 Å². The van der Waals surface area contributed by atoms with Crippen molar-refractivity contribution >= 4 is 33.7 Å². The number of hydrogen-bond donors (Lipinski definition) is 0. The molecule has 0 fully saturated rings. The van der Waals surface area contributed by atoms with Gasteiger partial charge in [-0.2, -0.15) is 5.10 Å². The van der Waals surface area contributed by atoms with E-state index in [1.54, 1.807) is 43.3 Å². The number of nitro groups is 1. The Bertz CT molecular complexity index is 1630. The molecule has 3 heterocycles. The topological polar surface area (TPSA) is 135 Å². The van der Waals surface area contributed by atoms with Gasteiger partial charge in [-0.05, 0) is 19.1 Å². The molecule has 0 radical (unpaired) electrons. The summed E-state index contributed by atoms with van der Waals surface area (Å²) in [6.07, 6.45) is 2.63. The Morgan fingerprint density at radius 1 is 1.15 bits per heavy atom. The highest BCUT2D eigenvalue weighted by molar-refractivity contribution is 5.96. The smallest absolute Gasteiger partial charge is 0.374 e. The fraction of sp³-hybridized carbons (Fsp3) is 0.130. The SMILES string of the molecule is CCOC(=O)c1oc2ccccc2c1Cn1cnc2c(cnn2-c2ccccc2[N+](=O)[O-])c1=O. The Morgan fingerprint density at radius 2 is 1.91 bits per heavy atom. The van der Waals surface area contributed by atoms with Crippen LogP contribution in [-0.4, -0.2) is 36.8 Å². The Balaban J connectivity index is 1.62. The van der Waals surface area contributed by atoms with E-state index in [4.69, 9.17) is 9.15 Å². The number of benzene rings is 2. The number of hydrogen-bond acceptors (Lipinski definition) is 8. The minimum atomic E-state index is -0.625. The lowest BCUT2D eigenvalue weighted by Crippen LogP contribution is -2.22. The molecule has 0 aliphatic heterocycles. The van der Waals surface area contributed by atoms with Gasteiger partial charge in [0.05, 0.1) is 24.3 Å². The van der Waals surface area contributed by atoms with Crippen molar-refractivity contribution in [3.8, 4) is 5.69 Å². The number of rotatable bonds is 6. The fourth-order valence-electron chi connectivity index (χ4n) is 3.82. The maximum absolute atomic E-state index is 13.3. The van der Waals surface area contributed by atoms with E-state index in [9.17, 15) is 19.7 Å². The van der Waals surface area contributed by atoms with E-state index in [-0.39, 0.29) is 41.3 Å². The summed E-state index contributed by atoms with van der Waals surface area (Å²) < 4.78 is 13.4. The number of carbonyl (C=O) groups is 1. The molecule has 0 spiro atoms. The molecule has 11 nitrogen and oxygen atoms in total. The van der Waals surface area contributed by atoms with Gasteiger partial charge in [-0.3, -0.25) is 19.5 Å². The van der Waals surface area contributed by atoms with Crippen molar-refractivity contribution < 1.29 is 18.9 Å². The third-order valence-corrected chi connectivity index (χ3v) is 5.35. The summed E-state index contributed by atoms with van der Waals surface area (Å²) in [5.41, 5.74) is 0.767. The molecule has 0 saturated carbocycles. The Kier molecular flexibility index (Phi) is 5.13. The summed E-state index contributed by atoms with van der Waals surface area (Å²) >= 11 is 0. The van der Waals surface area contributed by atoms with Gasteiger partial charge in [0.15, 0.2) is 5.65 Å². The first-order valence-corrected chi connectivity index (χ1v) is 10.3. The van der Waals surface area contributed by atoms with Crippen molar-refractivity contribution in [3.05, 3.63) is 92.8 Å². The molecule has 11 heteroatoms. The molecule has 0 bridgehead atoms. The van der Waals surface area contributed by atoms with Gasteiger partial charge in [-0.1, -0.05) is 30.3 Å². The van der Waals surface area contributed by atoms with Crippen molar-refractivity contribution in [1.29, 1.82) is 0 Å². The standard InChI is InChI=1S/C23H17N5O6/c1-2-33-23(30)20-16(14-7-3-6-10-19(14)34-20)12-26-13-24-21-15(22(26)29)11-25-27(21)17-8-4-5-9-18(17)28(31)32/h3-11,13H,2,12H2,1H3. The number of ether oxygens (including phenoxy) is 1. The van der Waals surface area contributed by atoms with E-state index in [1.807, 2.05) is 0 Å². The van der Waals surface area contributed by atoms with Crippen LogP contribution >= 0.6 is 0 Å².